The Morgan fingerprint density at radius 2 is 1.47 bits per heavy atom. The van der Waals surface area contributed by atoms with Crippen molar-refractivity contribution in [3.05, 3.63) is 101 Å². The number of halogens is 6. The van der Waals surface area contributed by atoms with E-state index in [0.717, 1.165) is 11.1 Å². The number of benzene rings is 3. The molecule has 0 aromatic heterocycles. The normalized spacial score (nSPS) is 13.5. The van der Waals surface area contributed by atoms with Gasteiger partial charge in [0.15, 0.2) is 0 Å². The second kappa shape index (κ2) is 11.5. The fraction of sp³-hybridized carbons (Fsp3) is 0.269. The van der Waals surface area contributed by atoms with E-state index in [1.165, 1.54) is 7.11 Å². The van der Waals surface area contributed by atoms with Crippen molar-refractivity contribution in [3.63, 3.8) is 0 Å². The van der Waals surface area contributed by atoms with Crippen molar-refractivity contribution >= 4 is 5.71 Å². The Balaban J connectivity index is 1.84. The van der Waals surface area contributed by atoms with Crippen LogP contribution in [-0.4, -0.2) is 24.6 Å². The molecule has 0 saturated carbocycles. The Morgan fingerprint density at radius 3 is 2.03 bits per heavy atom. The van der Waals surface area contributed by atoms with Crippen LogP contribution in [0.15, 0.2) is 78.0 Å². The first-order valence-corrected chi connectivity index (χ1v) is 10.8. The van der Waals surface area contributed by atoms with E-state index in [1.54, 1.807) is 24.3 Å². The molecular weight excluding hydrogens is 488 g/mol. The van der Waals surface area contributed by atoms with Crippen molar-refractivity contribution in [1.82, 2.24) is 0 Å². The van der Waals surface area contributed by atoms with Crippen molar-refractivity contribution in [3.8, 4) is 5.75 Å². The molecule has 192 valence electrons. The van der Waals surface area contributed by atoms with Gasteiger partial charge in [0.1, 0.15) is 5.75 Å². The number of oxime groups is 1. The van der Waals surface area contributed by atoms with Gasteiger partial charge in [-0.25, -0.2) is 0 Å². The molecule has 0 heterocycles. The highest BCUT2D eigenvalue weighted by atomic mass is 19.4. The summed E-state index contributed by atoms with van der Waals surface area (Å²) in [6.45, 7) is -0.884. The highest BCUT2D eigenvalue weighted by Crippen LogP contribution is 2.36. The van der Waals surface area contributed by atoms with Crippen molar-refractivity contribution in [1.29, 1.82) is 0 Å². The zero-order valence-electron chi connectivity index (χ0n) is 19.1. The molecular formula is C26H23F6NO3. The van der Waals surface area contributed by atoms with Gasteiger partial charge in [-0.2, -0.15) is 26.3 Å². The molecule has 0 aliphatic heterocycles. The minimum atomic E-state index is -4.96. The van der Waals surface area contributed by atoms with E-state index in [1.807, 2.05) is 30.3 Å². The molecule has 36 heavy (non-hydrogen) atoms. The van der Waals surface area contributed by atoms with Gasteiger partial charge in [-0.05, 0) is 53.4 Å². The van der Waals surface area contributed by atoms with Crippen LogP contribution in [0.5, 0.6) is 5.75 Å². The summed E-state index contributed by atoms with van der Waals surface area (Å²) in [5, 5.41) is 13.1. The van der Waals surface area contributed by atoms with Crippen molar-refractivity contribution in [2.24, 2.45) is 5.16 Å². The van der Waals surface area contributed by atoms with Gasteiger partial charge in [-0.15, -0.1) is 0 Å². The molecule has 1 atom stereocenters. The maximum atomic E-state index is 13.1. The van der Waals surface area contributed by atoms with Crippen molar-refractivity contribution in [2.45, 2.75) is 31.3 Å². The van der Waals surface area contributed by atoms with Gasteiger partial charge in [0.2, 0.25) is 0 Å². The van der Waals surface area contributed by atoms with Crippen LogP contribution in [0.1, 0.15) is 33.7 Å². The number of rotatable bonds is 9. The largest absolute Gasteiger partial charge is 0.497 e. The van der Waals surface area contributed by atoms with Gasteiger partial charge < -0.3 is 14.7 Å². The molecule has 1 N–H and O–H groups in total. The lowest BCUT2D eigenvalue weighted by Gasteiger charge is -2.20. The van der Waals surface area contributed by atoms with Gasteiger partial charge in [-0.1, -0.05) is 47.6 Å². The summed E-state index contributed by atoms with van der Waals surface area (Å²) in [7, 11) is 1.50. The van der Waals surface area contributed by atoms with Gasteiger partial charge >= 0.3 is 12.4 Å². The van der Waals surface area contributed by atoms with Crippen LogP contribution in [0.4, 0.5) is 26.3 Å². The number of hydrogen-bond donors (Lipinski definition) is 1. The first kappa shape index (κ1) is 27.1. The Kier molecular flexibility index (Phi) is 8.62. The molecule has 0 fully saturated rings. The van der Waals surface area contributed by atoms with E-state index >= 15 is 0 Å². The summed E-state index contributed by atoms with van der Waals surface area (Å²) in [5.41, 5.74) is -1.37. The first-order chi connectivity index (χ1) is 17.0. The lowest BCUT2D eigenvalue weighted by atomic mass is 9.88. The number of ether oxygens (including phenoxy) is 2. The van der Waals surface area contributed by atoms with Gasteiger partial charge in [-0.3, -0.25) is 0 Å². The Morgan fingerprint density at radius 1 is 0.833 bits per heavy atom. The second-order valence-corrected chi connectivity index (χ2v) is 8.02. The van der Waals surface area contributed by atoms with E-state index in [0.29, 0.717) is 24.3 Å². The average molecular weight is 511 g/mol. The molecule has 0 bridgehead atoms. The fourth-order valence-corrected chi connectivity index (χ4v) is 3.71. The van der Waals surface area contributed by atoms with Crippen LogP contribution in [0.25, 0.3) is 0 Å². The molecule has 0 radical (unpaired) electrons. The summed E-state index contributed by atoms with van der Waals surface area (Å²) in [4.78, 5) is 0. The summed E-state index contributed by atoms with van der Waals surface area (Å²) in [6, 6.07) is 17.6. The summed E-state index contributed by atoms with van der Waals surface area (Å²) >= 11 is 0. The third kappa shape index (κ3) is 7.24. The molecule has 0 saturated heterocycles. The minimum Gasteiger partial charge on any atom is -0.497 e. The van der Waals surface area contributed by atoms with Gasteiger partial charge in [0.05, 0.1) is 37.2 Å². The molecule has 3 aromatic carbocycles. The Labute approximate surface area is 203 Å². The molecule has 0 aliphatic rings. The van der Waals surface area contributed by atoms with E-state index < -0.39 is 36.0 Å². The third-order valence-corrected chi connectivity index (χ3v) is 5.48. The number of hydrogen-bond acceptors (Lipinski definition) is 4. The van der Waals surface area contributed by atoms with Crippen LogP contribution in [0, 0.1) is 0 Å². The summed E-state index contributed by atoms with van der Waals surface area (Å²) in [5.74, 6) is 0.0622. The highest BCUT2D eigenvalue weighted by molar-refractivity contribution is 5.92. The lowest BCUT2D eigenvalue weighted by Crippen LogP contribution is -2.21. The van der Waals surface area contributed by atoms with Crippen LogP contribution in [-0.2, 0) is 30.1 Å². The maximum absolute atomic E-state index is 13.1. The quantitative estimate of drug-likeness (QED) is 0.144. The van der Waals surface area contributed by atoms with Crippen LogP contribution < -0.4 is 4.74 Å². The molecule has 10 heteroatoms. The summed E-state index contributed by atoms with van der Waals surface area (Å²) < 4.78 is 89.5. The molecule has 3 rings (SSSR count). The van der Waals surface area contributed by atoms with Crippen molar-refractivity contribution in [2.75, 3.05) is 13.7 Å². The molecule has 0 aliphatic carbocycles. The molecule has 0 spiro atoms. The molecule has 3 aromatic rings. The molecule has 1 unspecified atom stereocenters. The van der Waals surface area contributed by atoms with Crippen molar-refractivity contribution < 1.29 is 41.0 Å². The second-order valence-electron chi connectivity index (χ2n) is 8.02. The number of methoxy groups -OCH3 is 1. The van der Waals surface area contributed by atoms with E-state index in [-0.39, 0.29) is 23.9 Å². The predicted octanol–water partition coefficient (Wildman–Crippen LogP) is 7.11. The van der Waals surface area contributed by atoms with Crippen LogP contribution in [0.3, 0.4) is 0 Å². The standard InChI is InChI=1S/C26H23F6NO3/c1-35-22-9-5-8-19(13-22)23(12-17-6-3-2-4-7-17)24(33-34)16-36-15-18-10-20(25(27,28)29)14-21(11-18)26(30,31)32/h2-11,13-14,23,34H,12,15-16H2,1H3/b33-24+. The highest BCUT2D eigenvalue weighted by Gasteiger charge is 2.37. The molecule has 0 amide bonds. The van der Waals surface area contributed by atoms with E-state index in [4.69, 9.17) is 9.47 Å². The third-order valence-electron chi connectivity index (χ3n) is 5.48. The Bertz CT molecular complexity index is 1140. The summed E-state index contributed by atoms with van der Waals surface area (Å²) in [6.07, 6.45) is -9.51. The first-order valence-electron chi connectivity index (χ1n) is 10.8. The van der Waals surface area contributed by atoms with E-state index in [9.17, 15) is 31.5 Å². The van der Waals surface area contributed by atoms with Gasteiger partial charge in [0.25, 0.3) is 0 Å². The Hall–Kier alpha value is -3.53. The molecule has 4 nitrogen and oxygen atoms in total. The fourth-order valence-electron chi connectivity index (χ4n) is 3.71. The zero-order valence-corrected chi connectivity index (χ0v) is 19.1. The lowest BCUT2D eigenvalue weighted by molar-refractivity contribution is -0.143. The monoisotopic (exact) mass is 511 g/mol. The number of nitrogens with zero attached hydrogens (tertiary/aromatic N) is 1. The minimum absolute atomic E-state index is 0.0583. The average Bonchev–Trinajstić information content (AvgIpc) is 2.85. The van der Waals surface area contributed by atoms with Gasteiger partial charge in [0, 0.05) is 5.92 Å². The number of alkyl halides is 6. The predicted molar refractivity (Wildman–Crippen MR) is 121 cm³/mol. The smallest absolute Gasteiger partial charge is 0.416 e. The van der Waals surface area contributed by atoms with Crippen LogP contribution >= 0.6 is 0 Å². The topological polar surface area (TPSA) is 51.0 Å². The zero-order chi connectivity index (χ0) is 26.3. The SMILES string of the molecule is COc1cccc(C(Cc2ccccc2)/C(COCc2cc(C(F)(F)F)cc(C(F)(F)F)c2)=N/O)c1. The van der Waals surface area contributed by atoms with Crippen LogP contribution in [0.2, 0.25) is 0 Å². The van der Waals surface area contributed by atoms with E-state index in [2.05, 4.69) is 5.16 Å². The maximum Gasteiger partial charge on any atom is 0.416 e.